The first-order valence-corrected chi connectivity index (χ1v) is 8.28. The molecule has 1 aromatic carbocycles. The minimum Gasteiger partial charge on any atom is -0.387 e. The lowest BCUT2D eigenvalue weighted by molar-refractivity contribution is -0.128. The van der Waals surface area contributed by atoms with Crippen LogP contribution in [0.2, 0.25) is 0 Å². The number of nitrogens with zero attached hydrogens (tertiary/aromatic N) is 1. The summed E-state index contributed by atoms with van der Waals surface area (Å²) < 4.78 is 0. The third-order valence-corrected chi connectivity index (χ3v) is 7.13. The van der Waals surface area contributed by atoms with Crippen molar-refractivity contribution in [3.63, 3.8) is 0 Å². The lowest BCUT2D eigenvalue weighted by atomic mass is 9.62. The van der Waals surface area contributed by atoms with Crippen molar-refractivity contribution in [3.05, 3.63) is 34.9 Å². The van der Waals surface area contributed by atoms with Crippen LogP contribution in [0.25, 0.3) is 0 Å². The number of likely N-dealkylation sites (N-methyl/N-ethyl adjacent to an activating group) is 1. The molecule has 4 heteroatoms. The molecule has 2 saturated carbocycles. The predicted molar refractivity (Wildman–Crippen MR) is 82.6 cm³/mol. The highest BCUT2D eigenvalue weighted by Gasteiger charge is 2.77. The number of fused-ring (bicyclic) bond motifs is 2. The number of amides is 1. The second-order valence-electron chi connectivity index (χ2n) is 8.13. The standard InChI is InChI=1S/C18H22N2O2/c1-20-10-16-8-12-4-3-11(14(19)21)7-13(12)17(9-16)5-2-6-18(17,22)15(16)20/h3-4,7,15,22H,2,5-6,8-10H2,1H3,(H2,19,21)/t15-,16?,17?,18-/m1/s1. The van der Waals surface area contributed by atoms with E-state index in [9.17, 15) is 9.90 Å². The van der Waals surface area contributed by atoms with Gasteiger partial charge in [-0.25, -0.2) is 0 Å². The number of hydrogen-bond donors (Lipinski definition) is 2. The Labute approximate surface area is 130 Å². The van der Waals surface area contributed by atoms with Gasteiger partial charge in [0.05, 0.1) is 5.60 Å². The van der Waals surface area contributed by atoms with Gasteiger partial charge >= 0.3 is 0 Å². The van der Waals surface area contributed by atoms with Gasteiger partial charge in [0.25, 0.3) is 0 Å². The van der Waals surface area contributed by atoms with Crippen molar-refractivity contribution >= 4 is 5.91 Å². The van der Waals surface area contributed by atoms with E-state index >= 15 is 0 Å². The quantitative estimate of drug-likeness (QED) is 0.818. The molecule has 3 fully saturated rings. The van der Waals surface area contributed by atoms with E-state index in [1.54, 1.807) is 0 Å². The number of nitrogens with two attached hydrogens (primary N) is 1. The van der Waals surface area contributed by atoms with E-state index in [-0.39, 0.29) is 22.8 Å². The summed E-state index contributed by atoms with van der Waals surface area (Å²) in [5.74, 6) is -0.376. The molecule has 3 aliphatic carbocycles. The Morgan fingerprint density at radius 3 is 2.95 bits per heavy atom. The zero-order valence-electron chi connectivity index (χ0n) is 12.9. The number of primary amides is 1. The highest BCUT2D eigenvalue weighted by molar-refractivity contribution is 5.93. The maximum atomic E-state index is 11.7. The lowest BCUT2D eigenvalue weighted by Crippen LogP contribution is -2.68. The molecular formula is C18H22N2O2. The predicted octanol–water partition coefficient (Wildman–Crippen LogP) is 1.20. The molecule has 3 N–H and O–H groups in total. The molecule has 1 saturated heterocycles. The van der Waals surface area contributed by atoms with Crippen molar-refractivity contribution in [2.75, 3.05) is 13.6 Å². The number of likely N-dealkylation sites (tertiary alicyclic amines) is 1. The summed E-state index contributed by atoms with van der Waals surface area (Å²) in [7, 11) is 2.14. The topological polar surface area (TPSA) is 66.6 Å². The Hall–Kier alpha value is -1.39. The summed E-state index contributed by atoms with van der Waals surface area (Å²) in [5.41, 5.74) is 8.04. The molecule has 1 aliphatic heterocycles. The molecule has 22 heavy (non-hydrogen) atoms. The fourth-order valence-electron chi connectivity index (χ4n) is 6.80. The van der Waals surface area contributed by atoms with Gasteiger partial charge in [-0.05, 0) is 62.4 Å². The monoisotopic (exact) mass is 298 g/mol. The molecule has 1 amide bonds. The lowest BCUT2D eigenvalue weighted by Gasteiger charge is -2.56. The molecule has 1 heterocycles. The van der Waals surface area contributed by atoms with Crippen LogP contribution in [0, 0.1) is 5.41 Å². The van der Waals surface area contributed by atoms with Crippen LogP contribution in [0.4, 0.5) is 0 Å². The van der Waals surface area contributed by atoms with Crippen LogP contribution in [-0.2, 0) is 11.8 Å². The van der Waals surface area contributed by atoms with Crippen LogP contribution in [0.3, 0.4) is 0 Å². The molecule has 2 spiro atoms. The molecule has 4 nitrogen and oxygen atoms in total. The van der Waals surface area contributed by atoms with Gasteiger partial charge < -0.3 is 10.8 Å². The molecule has 0 radical (unpaired) electrons. The van der Waals surface area contributed by atoms with Crippen molar-refractivity contribution in [1.29, 1.82) is 0 Å². The van der Waals surface area contributed by atoms with Crippen molar-refractivity contribution in [3.8, 4) is 0 Å². The van der Waals surface area contributed by atoms with Gasteiger partial charge in [0.1, 0.15) is 0 Å². The van der Waals surface area contributed by atoms with Crippen LogP contribution < -0.4 is 5.73 Å². The third-order valence-electron chi connectivity index (χ3n) is 7.13. The van der Waals surface area contributed by atoms with E-state index in [1.165, 1.54) is 11.1 Å². The van der Waals surface area contributed by atoms with E-state index in [2.05, 4.69) is 18.0 Å². The van der Waals surface area contributed by atoms with Crippen molar-refractivity contribution < 1.29 is 9.90 Å². The van der Waals surface area contributed by atoms with Gasteiger partial charge in [-0.2, -0.15) is 0 Å². The van der Waals surface area contributed by atoms with Crippen LogP contribution in [-0.4, -0.2) is 41.1 Å². The first-order valence-electron chi connectivity index (χ1n) is 8.28. The Morgan fingerprint density at radius 2 is 2.23 bits per heavy atom. The van der Waals surface area contributed by atoms with Gasteiger partial charge in [-0.3, -0.25) is 9.69 Å². The van der Waals surface area contributed by atoms with E-state index in [1.807, 2.05) is 12.1 Å². The Kier molecular flexibility index (Phi) is 2.12. The maximum absolute atomic E-state index is 11.7. The van der Waals surface area contributed by atoms with Crippen molar-refractivity contribution in [2.45, 2.75) is 49.2 Å². The molecule has 1 aromatic rings. The molecule has 2 unspecified atom stereocenters. The number of benzene rings is 1. The summed E-state index contributed by atoms with van der Waals surface area (Å²) in [6, 6.07) is 6.18. The molecular weight excluding hydrogens is 276 g/mol. The maximum Gasteiger partial charge on any atom is 0.248 e. The third kappa shape index (κ3) is 1.16. The zero-order chi connectivity index (χ0) is 15.3. The summed E-state index contributed by atoms with van der Waals surface area (Å²) in [5, 5.41) is 11.7. The van der Waals surface area contributed by atoms with Gasteiger partial charge in [0.15, 0.2) is 0 Å². The number of aliphatic hydroxyl groups is 1. The van der Waals surface area contributed by atoms with E-state index in [4.69, 9.17) is 5.73 Å². The highest BCUT2D eigenvalue weighted by Crippen LogP contribution is 2.72. The average Bonchev–Trinajstić information content (AvgIpc) is 2.80. The Balaban J connectivity index is 1.77. The van der Waals surface area contributed by atoms with Crippen LogP contribution in [0.15, 0.2) is 18.2 Å². The number of hydrogen-bond acceptors (Lipinski definition) is 3. The van der Waals surface area contributed by atoms with E-state index in [0.717, 1.165) is 38.6 Å². The fourth-order valence-corrected chi connectivity index (χ4v) is 6.80. The second kappa shape index (κ2) is 3.57. The van der Waals surface area contributed by atoms with Gasteiger partial charge in [0.2, 0.25) is 5.91 Å². The molecule has 116 valence electrons. The number of rotatable bonds is 1. The summed E-state index contributed by atoms with van der Waals surface area (Å²) in [6.45, 7) is 1.08. The van der Waals surface area contributed by atoms with Gasteiger partial charge in [-0.15, -0.1) is 0 Å². The second-order valence-corrected chi connectivity index (χ2v) is 8.13. The van der Waals surface area contributed by atoms with Crippen molar-refractivity contribution in [2.24, 2.45) is 11.1 Å². The Bertz CT molecular complexity index is 717. The SMILES string of the molecule is CN1CC23Cc4ccc(C(N)=O)cc4C4(CCC[C@@]4(O)[C@H]12)C3. The van der Waals surface area contributed by atoms with Gasteiger partial charge in [-0.1, -0.05) is 6.07 Å². The average molecular weight is 298 g/mol. The van der Waals surface area contributed by atoms with Gasteiger partial charge in [0, 0.05) is 29.0 Å². The van der Waals surface area contributed by atoms with Crippen molar-refractivity contribution in [1.82, 2.24) is 4.90 Å². The molecule has 4 atom stereocenters. The smallest absolute Gasteiger partial charge is 0.248 e. The molecule has 2 bridgehead atoms. The van der Waals surface area contributed by atoms with Crippen LogP contribution in [0.1, 0.15) is 47.2 Å². The molecule has 4 aliphatic rings. The van der Waals surface area contributed by atoms with E-state index < -0.39 is 5.60 Å². The summed E-state index contributed by atoms with van der Waals surface area (Å²) in [6.07, 6.45) is 5.08. The van der Waals surface area contributed by atoms with Crippen LogP contribution in [0.5, 0.6) is 0 Å². The fraction of sp³-hybridized carbons (Fsp3) is 0.611. The zero-order valence-corrected chi connectivity index (χ0v) is 12.9. The summed E-state index contributed by atoms with van der Waals surface area (Å²) >= 11 is 0. The highest BCUT2D eigenvalue weighted by atomic mass is 16.3. The first kappa shape index (κ1) is 13.1. The van der Waals surface area contributed by atoms with Crippen LogP contribution >= 0.6 is 0 Å². The Morgan fingerprint density at radius 1 is 1.41 bits per heavy atom. The summed E-state index contributed by atoms with van der Waals surface area (Å²) in [4.78, 5) is 13.9. The molecule has 5 rings (SSSR count). The minimum atomic E-state index is -0.637. The molecule has 0 aromatic heterocycles. The number of carbonyl (C=O) groups is 1. The minimum absolute atomic E-state index is 0.165. The first-order chi connectivity index (χ1) is 10.4. The largest absolute Gasteiger partial charge is 0.387 e. The number of carbonyl (C=O) groups excluding carboxylic acids is 1. The van der Waals surface area contributed by atoms with E-state index in [0.29, 0.717) is 5.56 Å². The normalized spacial score (nSPS) is 44.9.